The Morgan fingerprint density at radius 3 is 2.35 bits per heavy atom. The maximum absolute atomic E-state index is 3.84. The Morgan fingerprint density at radius 2 is 1.82 bits per heavy atom. The molecular formula is C16H26N+. The minimum atomic E-state index is 1.13. The van der Waals surface area contributed by atoms with Crippen LogP contribution in [0.5, 0.6) is 0 Å². The van der Waals surface area contributed by atoms with Gasteiger partial charge in [0.15, 0.2) is 0 Å². The smallest absolute Gasteiger partial charge is 0.104 e. The van der Waals surface area contributed by atoms with E-state index in [0.29, 0.717) is 0 Å². The van der Waals surface area contributed by atoms with Crippen molar-refractivity contribution >= 4 is 6.08 Å². The van der Waals surface area contributed by atoms with Crippen LogP contribution in [0.1, 0.15) is 37.8 Å². The number of hydrogen-bond donors (Lipinski definition) is 0. The molecule has 0 aliphatic rings. The average Bonchev–Trinajstić information content (AvgIpc) is 2.29. The van der Waals surface area contributed by atoms with E-state index in [4.69, 9.17) is 0 Å². The molecule has 1 nitrogen and oxygen atoms in total. The Labute approximate surface area is 106 Å². The fraction of sp³-hybridized carbons (Fsp3) is 0.500. The summed E-state index contributed by atoms with van der Waals surface area (Å²) in [6.07, 6.45) is 4.42. The summed E-state index contributed by atoms with van der Waals surface area (Å²) in [5, 5.41) is 0. The van der Waals surface area contributed by atoms with E-state index >= 15 is 0 Å². The maximum atomic E-state index is 3.84. The molecule has 0 bridgehead atoms. The quantitative estimate of drug-likeness (QED) is 0.621. The summed E-state index contributed by atoms with van der Waals surface area (Å²) >= 11 is 0. The highest BCUT2D eigenvalue weighted by Crippen LogP contribution is 2.15. The Morgan fingerprint density at radius 1 is 1.18 bits per heavy atom. The van der Waals surface area contributed by atoms with Gasteiger partial charge in [0, 0.05) is 5.56 Å². The van der Waals surface area contributed by atoms with Gasteiger partial charge in [-0.2, -0.15) is 0 Å². The van der Waals surface area contributed by atoms with E-state index in [9.17, 15) is 0 Å². The summed E-state index contributed by atoms with van der Waals surface area (Å²) in [5.74, 6) is 0. The lowest BCUT2D eigenvalue weighted by Gasteiger charge is -2.34. The van der Waals surface area contributed by atoms with Crippen LogP contribution in [-0.2, 0) is 6.54 Å². The van der Waals surface area contributed by atoms with Gasteiger partial charge in [-0.05, 0) is 24.5 Å². The van der Waals surface area contributed by atoms with Gasteiger partial charge < -0.3 is 4.48 Å². The molecular weight excluding hydrogens is 206 g/mol. The third-order valence-electron chi connectivity index (χ3n) is 3.28. The lowest BCUT2D eigenvalue weighted by Crippen LogP contribution is -2.44. The van der Waals surface area contributed by atoms with Crippen LogP contribution in [-0.4, -0.2) is 24.6 Å². The van der Waals surface area contributed by atoms with E-state index in [2.05, 4.69) is 51.7 Å². The van der Waals surface area contributed by atoms with Gasteiger partial charge in [0.2, 0.25) is 0 Å². The van der Waals surface area contributed by atoms with Gasteiger partial charge in [-0.25, -0.2) is 0 Å². The first-order valence-corrected chi connectivity index (χ1v) is 6.68. The predicted octanol–water partition coefficient (Wildman–Crippen LogP) is 4.10. The molecule has 17 heavy (non-hydrogen) atoms. The van der Waals surface area contributed by atoms with E-state index in [1.165, 1.54) is 37.1 Å². The first-order valence-electron chi connectivity index (χ1n) is 6.68. The largest absolute Gasteiger partial charge is 0.322 e. The lowest BCUT2D eigenvalue weighted by molar-refractivity contribution is -0.922. The summed E-state index contributed by atoms with van der Waals surface area (Å²) in [6.45, 7) is 12.0. The zero-order chi connectivity index (χ0) is 12.7. The number of quaternary nitrogens is 1. The van der Waals surface area contributed by atoms with Gasteiger partial charge >= 0.3 is 0 Å². The van der Waals surface area contributed by atoms with Crippen LogP contribution in [0.4, 0.5) is 0 Å². The Balaban J connectivity index is 2.81. The number of rotatable bonds is 7. The number of nitrogens with zero attached hydrogens (tertiary/aromatic N) is 1. The maximum Gasteiger partial charge on any atom is 0.104 e. The molecule has 94 valence electrons. The molecule has 1 aromatic carbocycles. The van der Waals surface area contributed by atoms with E-state index < -0.39 is 0 Å². The molecule has 1 aromatic rings. The van der Waals surface area contributed by atoms with Crippen molar-refractivity contribution in [3.63, 3.8) is 0 Å². The summed E-state index contributed by atoms with van der Waals surface area (Å²) in [4.78, 5) is 0. The molecule has 1 heteroatoms. The van der Waals surface area contributed by atoms with Gasteiger partial charge in [-0.15, -0.1) is 0 Å². The SMILES string of the molecule is C=Cc1cccc(C[N+](C)(CCC)CCC)c1. The fourth-order valence-electron chi connectivity index (χ4n) is 2.61. The first kappa shape index (κ1) is 14.0. The molecule has 0 spiro atoms. The predicted molar refractivity (Wildman–Crippen MR) is 76.7 cm³/mol. The molecule has 0 saturated carbocycles. The summed E-state index contributed by atoms with van der Waals surface area (Å²) in [5.41, 5.74) is 2.65. The van der Waals surface area contributed by atoms with Crippen LogP contribution < -0.4 is 0 Å². The van der Waals surface area contributed by atoms with E-state index in [0.717, 1.165) is 11.0 Å². The van der Waals surface area contributed by atoms with Crippen LogP contribution in [0.25, 0.3) is 6.08 Å². The van der Waals surface area contributed by atoms with Gasteiger partial charge in [-0.3, -0.25) is 0 Å². The molecule has 0 fully saturated rings. The Hall–Kier alpha value is -1.08. The highest BCUT2D eigenvalue weighted by atomic mass is 15.3. The molecule has 0 radical (unpaired) electrons. The van der Waals surface area contributed by atoms with Crippen LogP contribution in [0.3, 0.4) is 0 Å². The second kappa shape index (κ2) is 6.61. The lowest BCUT2D eigenvalue weighted by atomic mass is 10.1. The second-order valence-corrected chi connectivity index (χ2v) is 5.17. The minimum absolute atomic E-state index is 1.13. The highest BCUT2D eigenvalue weighted by Gasteiger charge is 2.19. The summed E-state index contributed by atoms with van der Waals surface area (Å²) in [7, 11) is 2.37. The van der Waals surface area contributed by atoms with E-state index in [1.807, 2.05) is 6.08 Å². The van der Waals surface area contributed by atoms with Crippen molar-refractivity contribution in [1.29, 1.82) is 0 Å². The molecule has 0 N–H and O–H groups in total. The second-order valence-electron chi connectivity index (χ2n) is 5.17. The van der Waals surface area contributed by atoms with E-state index in [1.54, 1.807) is 0 Å². The van der Waals surface area contributed by atoms with Crippen LogP contribution in [0.15, 0.2) is 30.8 Å². The van der Waals surface area contributed by atoms with Gasteiger partial charge in [0.1, 0.15) is 6.54 Å². The Kier molecular flexibility index (Phi) is 5.43. The topological polar surface area (TPSA) is 0 Å². The van der Waals surface area contributed by atoms with Crippen LogP contribution in [0.2, 0.25) is 0 Å². The van der Waals surface area contributed by atoms with Gasteiger partial charge in [0.05, 0.1) is 20.1 Å². The third kappa shape index (κ3) is 4.35. The zero-order valence-electron chi connectivity index (χ0n) is 11.6. The number of hydrogen-bond acceptors (Lipinski definition) is 0. The van der Waals surface area contributed by atoms with E-state index in [-0.39, 0.29) is 0 Å². The van der Waals surface area contributed by atoms with Gasteiger partial charge in [-0.1, -0.05) is 44.7 Å². The molecule has 1 rings (SSSR count). The molecule has 0 aliphatic heterocycles. The van der Waals surface area contributed by atoms with Crippen LogP contribution >= 0.6 is 0 Å². The molecule has 0 aromatic heterocycles. The monoisotopic (exact) mass is 232 g/mol. The standard InChI is InChI=1S/C16H26N/c1-5-11-17(4,12-6-2)14-16-10-8-9-15(7-3)13-16/h7-10,13H,3,5-6,11-12,14H2,1-2,4H3/q+1. The molecule has 0 saturated heterocycles. The van der Waals surface area contributed by atoms with Crippen molar-refractivity contribution < 1.29 is 4.48 Å². The fourth-order valence-corrected chi connectivity index (χ4v) is 2.61. The molecule has 0 aliphatic carbocycles. The Bertz CT molecular complexity index is 348. The van der Waals surface area contributed by atoms with Crippen molar-refractivity contribution in [3.05, 3.63) is 42.0 Å². The van der Waals surface area contributed by atoms with Crippen molar-refractivity contribution in [1.82, 2.24) is 0 Å². The van der Waals surface area contributed by atoms with Gasteiger partial charge in [0.25, 0.3) is 0 Å². The number of benzene rings is 1. The third-order valence-corrected chi connectivity index (χ3v) is 3.28. The van der Waals surface area contributed by atoms with Crippen molar-refractivity contribution in [3.8, 4) is 0 Å². The summed E-state index contributed by atoms with van der Waals surface area (Å²) < 4.78 is 1.15. The van der Waals surface area contributed by atoms with Crippen molar-refractivity contribution in [2.45, 2.75) is 33.2 Å². The molecule has 0 heterocycles. The normalized spacial score (nSPS) is 11.5. The molecule has 0 atom stereocenters. The zero-order valence-corrected chi connectivity index (χ0v) is 11.6. The molecule has 0 unspecified atom stereocenters. The minimum Gasteiger partial charge on any atom is -0.322 e. The van der Waals surface area contributed by atoms with Crippen LogP contribution in [0, 0.1) is 0 Å². The summed E-state index contributed by atoms with van der Waals surface area (Å²) in [6, 6.07) is 8.73. The van der Waals surface area contributed by atoms with Crippen molar-refractivity contribution in [2.24, 2.45) is 0 Å². The average molecular weight is 232 g/mol. The molecule has 0 amide bonds. The highest BCUT2D eigenvalue weighted by molar-refractivity contribution is 5.47. The van der Waals surface area contributed by atoms with Crippen molar-refractivity contribution in [2.75, 3.05) is 20.1 Å². The first-order chi connectivity index (χ1) is 8.13.